The van der Waals surface area contributed by atoms with Gasteiger partial charge in [-0.15, -0.1) is 0 Å². The van der Waals surface area contributed by atoms with Crippen LogP contribution < -0.4 is 5.69 Å². The second-order valence-electron chi connectivity index (χ2n) is 3.62. The monoisotopic (exact) mass is 261 g/mol. The molecule has 0 saturated heterocycles. The third-order valence-electron chi connectivity index (χ3n) is 2.32. The van der Waals surface area contributed by atoms with Crippen LogP contribution in [0.1, 0.15) is 19.8 Å². The summed E-state index contributed by atoms with van der Waals surface area (Å²) >= 11 is 3.41. The van der Waals surface area contributed by atoms with Crippen molar-refractivity contribution in [3.63, 3.8) is 0 Å². The largest absolute Gasteiger partial charge is 0.345 e. The summed E-state index contributed by atoms with van der Waals surface area (Å²) in [6, 6.07) is 0. The van der Waals surface area contributed by atoms with Crippen molar-refractivity contribution in [2.45, 2.75) is 26.3 Å². The van der Waals surface area contributed by atoms with Crippen LogP contribution in [0.25, 0.3) is 0 Å². The first-order valence-electron chi connectivity index (χ1n) is 4.79. The lowest BCUT2D eigenvalue weighted by Crippen LogP contribution is -2.23. The lowest BCUT2D eigenvalue weighted by molar-refractivity contribution is 0.443. The highest BCUT2D eigenvalue weighted by molar-refractivity contribution is 9.09. The summed E-state index contributed by atoms with van der Waals surface area (Å²) in [4.78, 5) is 11.4. The molecule has 80 valence electrons. The first-order valence-corrected chi connectivity index (χ1v) is 5.91. The van der Waals surface area contributed by atoms with Gasteiger partial charge in [0.05, 0.1) is 0 Å². The van der Waals surface area contributed by atoms with Crippen molar-refractivity contribution in [3.05, 3.63) is 16.8 Å². The van der Waals surface area contributed by atoms with E-state index < -0.39 is 0 Å². The zero-order valence-electron chi connectivity index (χ0n) is 8.61. The molecule has 1 atom stereocenters. The predicted molar refractivity (Wildman–Crippen MR) is 59.7 cm³/mol. The van der Waals surface area contributed by atoms with E-state index in [4.69, 9.17) is 0 Å². The van der Waals surface area contributed by atoms with Crippen molar-refractivity contribution in [3.8, 4) is 0 Å². The molecule has 0 fully saturated rings. The first-order chi connectivity index (χ1) is 6.65. The molecule has 1 aromatic rings. The van der Waals surface area contributed by atoms with Gasteiger partial charge in [0.15, 0.2) is 0 Å². The quantitative estimate of drug-likeness (QED) is 0.752. The van der Waals surface area contributed by atoms with Gasteiger partial charge in [0, 0.05) is 18.9 Å². The average Bonchev–Trinajstić information content (AvgIpc) is 2.46. The number of aromatic nitrogens is 3. The highest BCUT2D eigenvalue weighted by atomic mass is 79.9. The maximum Gasteiger partial charge on any atom is 0.345 e. The van der Waals surface area contributed by atoms with Crippen molar-refractivity contribution in [1.82, 2.24) is 14.3 Å². The Morgan fingerprint density at radius 3 is 2.79 bits per heavy atom. The van der Waals surface area contributed by atoms with E-state index in [0.29, 0.717) is 12.5 Å². The Labute approximate surface area is 92.1 Å². The summed E-state index contributed by atoms with van der Waals surface area (Å²) in [6.45, 7) is 2.91. The number of hydrogen-bond donors (Lipinski definition) is 0. The molecule has 0 radical (unpaired) electrons. The van der Waals surface area contributed by atoms with Crippen LogP contribution in [0.4, 0.5) is 0 Å². The van der Waals surface area contributed by atoms with Crippen molar-refractivity contribution in [2.24, 2.45) is 13.0 Å². The van der Waals surface area contributed by atoms with Gasteiger partial charge in [0.2, 0.25) is 0 Å². The van der Waals surface area contributed by atoms with E-state index in [1.165, 1.54) is 9.25 Å². The highest BCUT2D eigenvalue weighted by Crippen LogP contribution is 2.09. The molecule has 4 nitrogen and oxygen atoms in total. The first kappa shape index (κ1) is 11.5. The van der Waals surface area contributed by atoms with Crippen LogP contribution in [0.3, 0.4) is 0 Å². The van der Waals surface area contributed by atoms with Gasteiger partial charge in [-0.1, -0.05) is 22.9 Å². The van der Waals surface area contributed by atoms with Crippen LogP contribution in [0.15, 0.2) is 11.1 Å². The molecule has 1 unspecified atom stereocenters. The third-order valence-corrected chi connectivity index (χ3v) is 2.78. The maximum atomic E-state index is 11.4. The summed E-state index contributed by atoms with van der Waals surface area (Å²) in [7, 11) is 1.72. The van der Waals surface area contributed by atoms with E-state index in [2.05, 4.69) is 28.0 Å². The van der Waals surface area contributed by atoms with Crippen LogP contribution in [0.2, 0.25) is 0 Å². The molecule has 1 rings (SSSR count). The van der Waals surface area contributed by atoms with Crippen LogP contribution in [-0.2, 0) is 13.6 Å². The fraction of sp³-hybridized carbons (Fsp3) is 0.778. The predicted octanol–water partition coefficient (Wildman–Crippen LogP) is 1.39. The Hall–Kier alpha value is -0.580. The fourth-order valence-electron chi connectivity index (χ4n) is 1.25. The molecule has 0 amide bonds. The molecule has 0 bridgehead atoms. The number of rotatable bonds is 5. The average molecular weight is 262 g/mol. The zero-order valence-corrected chi connectivity index (χ0v) is 10.2. The Morgan fingerprint density at radius 1 is 1.57 bits per heavy atom. The van der Waals surface area contributed by atoms with Crippen molar-refractivity contribution in [1.29, 1.82) is 0 Å². The van der Waals surface area contributed by atoms with E-state index in [1.54, 1.807) is 13.4 Å². The second kappa shape index (κ2) is 5.34. The molecular weight excluding hydrogens is 246 g/mol. The molecular formula is C9H16BrN3O. The van der Waals surface area contributed by atoms with Crippen molar-refractivity contribution >= 4 is 15.9 Å². The minimum Gasteiger partial charge on any atom is -0.285 e. The van der Waals surface area contributed by atoms with Crippen LogP contribution in [-0.4, -0.2) is 19.7 Å². The van der Waals surface area contributed by atoms with E-state index in [-0.39, 0.29) is 5.69 Å². The van der Waals surface area contributed by atoms with E-state index >= 15 is 0 Å². The summed E-state index contributed by atoms with van der Waals surface area (Å²) in [5.41, 5.74) is -0.0314. The summed E-state index contributed by atoms with van der Waals surface area (Å²) in [5.74, 6) is 0.628. The Morgan fingerprint density at radius 2 is 2.29 bits per heavy atom. The Kier molecular flexibility index (Phi) is 4.38. The standard InChI is InChI=1S/C9H16BrN3O/c1-8(3-5-10)4-6-13-9(14)12(2)7-11-13/h7-8H,3-6H2,1-2H3. The van der Waals surface area contributed by atoms with Crippen molar-refractivity contribution in [2.75, 3.05) is 5.33 Å². The SMILES string of the molecule is CC(CCBr)CCn1ncn(C)c1=O. The van der Waals surface area contributed by atoms with Crippen LogP contribution in [0, 0.1) is 5.92 Å². The highest BCUT2D eigenvalue weighted by Gasteiger charge is 2.04. The van der Waals surface area contributed by atoms with Crippen molar-refractivity contribution < 1.29 is 0 Å². The fourth-order valence-corrected chi connectivity index (χ4v) is 2.03. The van der Waals surface area contributed by atoms with Gasteiger partial charge in [-0.25, -0.2) is 9.48 Å². The molecule has 0 N–H and O–H groups in total. The van der Waals surface area contributed by atoms with Crippen LogP contribution in [0.5, 0.6) is 0 Å². The van der Waals surface area contributed by atoms with E-state index in [1.807, 2.05) is 0 Å². The van der Waals surface area contributed by atoms with Gasteiger partial charge >= 0.3 is 5.69 Å². The minimum atomic E-state index is -0.0314. The Bertz CT molecular complexity index is 331. The molecule has 5 heteroatoms. The molecule has 14 heavy (non-hydrogen) atoms. The smallest absolute Gasteiger partial charge is 0.285 e. The number of halogens is 1. The molecule has 1 aromatic heterocycles. The lowest BCUT2D eigenvalue weighted by Gasteiger charge is -2.07. The van der Waals surface area contributed by atoms with Gasteiger partial charge in [0.25, 0.3) is 0 Å². The van der Waals surface area contributed by atoms with Crippen LogP contribution >= 0.6 is 15.9 Å². The third kappa shape index (κ3) is 2.97. The Balaban J connectivity index is 2.46. The van der Waals surface area contributed by atoms with E-state index in [0.717, 1.165) is 18.2 Å². The molecule has 1 heterocycles. The number of hydrogen-bond acceptors (Lipinski definition) is 2. The summed E-state index contributed by atoms with van der Waals surface area (Å²) in [5, 5.41) is 5.02. The summed E-state index contributed by atoms with van der Waals surface area (Å²) in [6.07, 6.45) is 3.70. The molecule has 0 aliphatic carbocycles. The summed E-state index contributed by atoms with van der Waals surface area (Å²) < 4.78 is 3.01. The van der Waals surface area contributed by atoms with Gasteiger partial charge in [-0.05, 0) is 18.8 Å². The van der Waals surface area contributed by atoms with Gasteiger partial charge in [-0.2, -0.15) is 5.10 Å². The molecule has 0 aliphatic rings. The molecule has 0 spiro atoms. The second-order valence-corrected chi connectivity index (χ2v) is 4.41. The van der Waals surface area contributed by atoms with Gasteiger partial charge in [0.1, 0.15) is 6.33 Å². The van der Waals surface area contributed by atoms with E-state index in [9.17, 15) is 4.79 Å². The van der Waals surface area contributed by atoms with Gasteiger partial charge in [-0.3, -0.25) is 4.57 Å². The molecule has 0 aromatic carbocycles. The minimum absolute atomic E-state index is 0.0314. The number of aryl methyl sites for hydroxylation is 2. The maximum absolute atomic E-state index is 11.4. The number of alkyl halides is 1. The van der Waals surface area contributed by atoms with Gasteiger partial charge < -0.3 is 0 Å². The molecule has 0 saturated carbocycles. The normalized spacial score (nSPS) is 13.1. The molecule has 0 aliphatic heterocycles. The topological polar surface area (TPSA) is 39.8 Å². The lowest BCUT2D eigenvalue weighted by atomic mass is 10.1. The zero-order chi connectivity index (χ0) is 10.6. The number of nitrogens with zero attached hydrogens (tertiary/aromatic N) is 3.